The second-order valence-corrected chi connectivity index (χ2v) is 3.42. The van der Waals surface area contributed by atoms with E-state index in [2.05, 4.69) is 15.4 Å². The van der Waals surface area contributed by atoms with E-state index in [0.717, 1.165) is 32.0 Å². The Kier molecular flexibility index (Phi) is 4.60. The first-order chi connectivity index (χ1) is 6.33. The van der Waals surface area contributed by atoms with Crippen LogP contribution in [0.1, 0.15) is 19.3 Å². The monoisotopic (exact) mass is 186 g/mol. The summed E-state index contributed by atoms with van der Waals surface area (Å²) in [5.74, 6) is 0.805. The quantitative estimate of drug-likeness (QED) is 0.636. The average Bonchev–Trinajstić information content (AvgIpc) is 2.64. The Morgan fingerprint density at radius 3 is 3.15 bits per heavy atom. The Morgan fingerprint density at radius 1 is 1.69 bits per heavy atom. The number of ether oxygens (including phenoxy) is 1. The van der Waals surface area contributed by atoms with Gasteiger partial charge in [-0.05, 0) is 38.3 Å². The molecule has 1 rings (SSSR count). The maximum atomic E-state index is 10.7. The normalized spacial score (nSPS) is 21.5. The molecule has 4 nitrogen and oxygen atoms in total. The third-order valence-corrected chi connectivity index (χ3v) is 2.41. The number of alkyl carbamates (subject to hydrolysis) is 1. The SMILES string of the molecule is COC(=O)NCCCC1CCNC1. The molecule has 1 aliphatic rings. The second kappa shape index (κ2) is 5.80. The topological polar surface area (TPSA) is 50.4 Å². The Bertz CT molecular complexity index is 156. The molecule has 1 fully saturated rings. The van der Waals surface area contributed by atoms with E-state index in [0.29, 0.717) is 0 Å². The van der Waals surface area contributed by atoms with E-state index in [1.165, 1.54) is 20.0 Å². The lowest BCUT2D eigenvalue weighted by molar-refractivity contribution is 0.170. The first-order valence-electron chi connectivity index (χ1n) is 4.85. The summed E-state index contributed by atoms with van der Waals surface area (Å²) in [6.45, 7) is 3.01. The van der Waals surface area contributed by atoms with Crippen molar-refractivity contribution in [2.24, 2.45) is 5.92 Å². The highest BCUT2D eigenvalue weighted by molar-refractivity contribution is 5.66. The highest BCUT2D eigenvalue weighted by atomic mass is 16.5. The molecule has 13 heavy (non-hydrogen) atoms. The van der Waals surface area contributed by atoms with Crippen LogP contribution in [-0.4, -0.2) is 32.8 Å². The molecule has 0 aromatic carbocycles. The van der Waals surface area contributed by atoms with Gasteiger partial charge in [-0.1, -0.05) is 0 Å². The van der Waals surface area contributed by atoms with Gasteiger partial charge in [-0.25, -0.2) is 4.79 Å². The van der Waals surface area contributed by atoms with Gasteiger partial charge in [-0.15, -0.1) is 0 Å². The van der Waals surface area contributed by atoms with Gasteiger partial charge in [0.2, 0.25) is 0 Å². The van der Waals surface area contributed by atoms with E-state index in [1.807, 2.05) is 0 Å². The molecule has 1 atom stereocenters. The molecule has 1 unspecified atom stereocenters. The molecule has 1 amide bonds. The number of carbonyl (C=O) groups is 1. The maximum absolute atomic E-state index is 10.7. The number of amides is 1. The van der Waals surface area contributed by atoms with Crippen LogP contribution >= 0.6 is 0 Å². The van der Waals surface area contributed by atoms with Crippen LogP contribution in [0.4, 0.5) is 4.79 Å². The van der Waals surface area contributed by atoms with Crippen LogP contribution in [0.15, 0.2) is 0 Å². The smallest absolute Gasteiger partial charge is 0.406 e. The van der Waals surface area contributed by atoms with Crippen LogP contribution in [0.2, 0.25) is 0 Å². The Hall–Kier alpha value is -0.770. The largest absolute Gasteiger partial charge is 0.453 e. The highest BCUT2D eigenvalue weighted by Crippen LogP contribution is 2.13. The van der Waals surface area contributed by atoms with E-state index in [4.69, 9.17) is 0 Å². The fourth-order valence-electron chi connectivity index (χ4n) is 1.61. The third kappa shape index (κ3) is 4.12. The predicted molar refractivity (Wildman–Crippen MR) is 50.6 cm³/mol. The molecule has 0 spiro atoms. The Balaban J connectivity index is 1.91. The molecule has 4 heteroatoms. The summed E-state index contributed by atoms with van der Waals surface area (Å²) in [7, 11) is 1.39. The van der Waals surface area contributed by atoms with Crippen LogP contribution in [-0.2, 0) is 4.74 Å². The van der Waals surface area contributed by atoms with Crippen molar-refractivity contribution in [2.75, 3.05) is 26.7 Å². The minimum absolute atomic E-state index is 0.329. The zero-order chi connectivity index (χ0) is 9.52. The summed E-state index contributed by atoms with van der Waals surface area (Å²) in [6, 6.07) is 0. The summed E-state index contributed by atoms with van der Waals surface area (Å²) in [4.78, 5) is 10.7. The van der Waals surface area contributed by atoms with E-state index < -0.39 is 0 Å². The van der Waals surface area contributed by atoms with Crippen molar-refractivity contribution < 1.29 is 9.53 Å². The highest BCUT2D eigenvalue weighted by Gasteiger charge is 2.13. The van der Waals surface area contributed by atoms with Gasteiger partial charge in [-0.2, -0.15) is 0 Å². The van der Waals surface area contributed by atoms with Gasteiger partial charge in [-0.3, -0.25) is 0 Å². The zero-order valence-electron chi connectivity index (χ0n) is 8.14. The standard InChI is InChI=1S/C9H18N2O2/c1-13-9(12)11-5-2-3-8-4-6-10-7-8/h8,10H,2-7H2,1H3,(H,11,12). The Labute approximate surface area is 79.0 Å². The van der Waals surface area contributed by atoms with E-state index >= 15 is 0 Å². The summed E-state index contributed by atoms with van der Waals surface area (Å²) in [6.07, 6.45) is 3.18. The van der Waals surface area contributed by atoms with Gasteiger partial charge in [0, 0.05) is 6.54 Å². The fourth-order valence-corrected chi connectivity index (χ4v) is 1.61. The van der Waals surface area contributed by atoms with Crippen LogP contribution in [0.3, 0.4) is 0 Å². The number of methoxy groups -OCH3 is 1. The van der Waals surface area contributed by atoms with Crippen molar-refractivity contribution in [2.45, 2.75) is 19.3 Å². The first-order valence-corrected chi connectivity index (χ1v) is 4.85. The lowest BCUT2D eigenvalue weighted by Gasteiger charge is -2.07. The molecule has 1 saturated heterocycles. The maximum Gasteiger partial charge on any atom is 0.406 e. The lowest BCUT2D eigenvalue weighted by Crippen LogP contribution is -2.24. The third-order valence-electron chi connectivity index (χ3n) is 2.41. The average molecular weight is 186 g/mol. The molecule has 0 radical (unpaired) electrons. The van der Waals surface area contributed by atoms with Gasteiger partial charge >= 0.3 is 6.09 Å². The van der Waals surface area contributed by atoms with E-state index in [-0.39, 0.29) is 6.09 Å². The Morgan fingerprint density at radius 2 is 2.54 bits per heavy atom. The molecule has 2 N–H and O–H groups in total. The molecule has 0 aromatic rings. The van der Waals surface area contributed by atoms with Gasteiger partial charge in [0.25, 0.3) is 0 Å². The van der Waals surface area contributed by atoms with Crippen LogP contribution < -0.4 is 10.6 Å². The zero-order valence-corrected chi connectivity index (χ0v) is 8.14. The summed E-state index contributed by atoms with van der Waals surface area (Å²) in [5, 5.41) is 6.00. The number of hydrogen-bond acceptors (Lipinski definition) is 3. The number of hydrogen-bond donors (Lipinski definition) is 2. The minimum atomic E-state index is -0.329. The fraction of sp³-hybridized carbons (Fsp3) is 0.889. The molecular formula is C9H18N2O2. The van der Waals surface area contributed by atoms with Crippen molar-refractivity contribution in [3.63, 3.8) is 0 Å². The van der Waals surface area contributed by atoms with Crippen LogP contribution in [0.5, 0.6) is 0 Å². The number of nitrogens with one attached hydrogen (secondary N) is 2. The molecule has 0 saturated carbocycles. The van der Waals surface area contributed by atoms with Crippen molar-refractivity contribution >= 4 is 6.09 Å². The van der Waals surface area contributed by atoms with Crippen LogP contribution in [0.25, 0.3) is 0 Å². The van der Waals surface area contributed by atoms with Crippen molar-refractivity contribution in [1.29, 1.82) is 0 Å². The molecule has 0 aliphatic carbocycles. The summed E-state index contributed by atoms with van der Waals surface area (Å²) in [5.41, 5.74) is 0. The van der Waals surface area contributed by atoms with Crippen molar-refractivity contribution in [3.05, 3.63) is 0 Å². The molecule has 1 aliphatic heterocycles. The minimum Gasteiger partial charge on any atom is -0.453 e. The lowest BCUT2D eigenvalue weighted by atomic mass is 10.0. The summed E-state index contributed by atoms with van der Waals surface area (Å²) >= 11 is 0. The molecular weight excluding hydrogens is 168 g/mol. The predicted octanol–water partition coefficient (Wildman–Crippen LogP) is 0.732. The van der Waals surface area contributed by atoms with Crippen molar-refractivity contribution in [3.8, 4) is 0 Å². The van der Waals surface area contributed by atoms with Crippen molar-refractivity contribution in [1.82, 2.24) is 10.6 Å². The first kappa shape index (κ1) is 10.3. The number of carbonyl (C=O) groups excluding carboxylic acids is 1. The van der Waals surface area contributed by atoms with Gasteiger partial charge < -0.3 is 15.4 Å². The van der Waals surface area contributed by atoms with Crippen LogP contribution in [0, 0.1) is 5.92 Å². The molecule has 1 heterocycles. The van der Waals surface area contributed by atoms with Gasteiger partial charge in [0.15, 0.2) is 0 Å². The van der Waals surface area contributed by atoms with E-state index in [9.17, 15) is 4.79 Å². The molecule has 76 valence electrons. The van der Waals surface area contributed by atoms with Gasteiger partial charge in [0.1, 0.15) is 0 Å². The van der Waals surface area contributed by atoms with E-state index in [1.54, 1.807) is 0 Å². The second-order valence-electron chi connectivity index (χ2n) is 3.42. The number of rotatable bonds is 4. The molecule has 0 aromatic heterocycles. The molecule has 0 bridgehead atoms. The van der Waals surface area contributed by atoms with Gasteiger partial charge in [0.05, 0.1) is 7.11 Å². The summed E-state index contributed by atoms with van der Waals surface area (Å²) < 4.78 is 4.46.